The molecule has 22 heavy (non-hydrogen) atoms. The molecule has 1 amide bonds. The lowest BCUT2D eigenvalue weighted by atomic mass is 9.86. The van der Waals surface area contributed by atoms with E-state index in [1.54, 1.807) is 12.1 Å². The molecule has 2 aliphatic heterocycles. The zero-order chi connectivity index (χ0) is 15.6. The van der Waals surface area contributed by atoms with Gasteiger partial charge in [-0.05, 0) is 49.9 Å². The van der Waals surface area contributed by atoms with Gasteiger partial charge < -0.3 is 10.1 Å². The molecular formula is C17H22N2O3. The van der Waals surface area contributed by atoms with Crippen LogP contribution in [0.5, 0.6) is 0 Å². The van der Waals surface area contributed by atoms with Crippen molar-refractivity contribution in [2.45, 2.75) is 37.8 Å². The number of hydrogen-bond donors (Lipinski definition) is 1. The Hall–Kier alpha value is -1.88. The van der Waals surface area contributed by atoms with Gasteiger partial charge in [0.25, 0.3) is 0 Å². The van der Waals surface area contributed by atoms with Gasteiger partial charge in [0.2, 0.25) is 5.91 Å². The van der Waals surface area contributed by atoms with Gasteiger partial charge in [-0.1, -0.05) is 12.1 Å². The summed E-state index contributed by atoms with van der Waals surface area (Å²) in [5, 5.41) is 3.02. The maximum absolute atomic E-state index is 12.4. The van der Waals surface area contributed by atoms with Crippen molar-refractivity contribution in [3.63, 3.8) is 0 Å². The molecule has 3 rings (SSSR count). The maximum Gasteiger partial charge on any atom is 0.337 e. The third-order valence-corrected chi connectivity index (χ3v) is 4.85. The third-order valence-electron chi connectivity index (χ3n) is 4.85. The molecule has 1 aromatic carbocycles. The Morgan fingerprint density at radius 3 is 2.68 bits per heavy atom. The standard InChI is InChI=1S/C17H22N2O3/c1-22-15(20)14-6-4-13(5-7-14)12-19-11-3-9-17(19)8-2-10-18-16(17)21/h4-7H,2-3,8-12H2,1H3,(H,18,21). The van der Waals surface area contributed by atoms with Crippen LogP contribution in [-0.2, 0) is 16.1 Å². The van der Waals surface area contributed by atoms with Crippen LogP contribution in [0.25, 0.3) is 0 Å². The lowest BCUT2D eigenvalue weighted by molar-refractivity contribution is -0.134. The molecule has 5 nitrogen and oxygen atoms in total. The molecule has 2 heterocycles. The van der Waals surface area contributed by atoms with Crippen molar-refractivity contribution >= 4 is 11.9 Å². The molecule has 0 aliphatic carbocycles. The van der Waals surface area contributed by atoms with E-state index >= 15 is 0 Å². The monoisotopic (exact) mass is 302 g/mol. The van der Waals surface area contributed by atoms with Gasteiger partial charge in [0, 0.05) is 13.1 Å². The summed E-state index contributed by atoms with van der Waals surface area (Å²) in [5.41, 5.74) is 1.35. The number of piperidine rings is 1. The number of amides is 1. The van der Waals surface area contributed by atoms with Crippen molar-refractivity contribution in [2.24, 2.45) is 0 Å². The first-order chi connectivity index (χ1) is 10.7. The highest BCUT2D eigenvalue weighted by Crippen LogP contribution is 2.36. The van der Waals surface area contributed by atoms with Crippen LogP contribution in [0.1, 0.15) is 41.6 Å². The van der Waals surface area contributed by atoms with Crippen LogP contribution in [0.3, 0.4) is 0 Å². The van der Waals surface area contributed by atoms with E-state index in [1.807, 2.05) is 12.1 Å². The fraction of sp³-hybridized carbons (Fsp3) is 0.529. The van der Waals surface area contributed by atoms with Gasteiger partial charge in [-0.25, -0.2) is 4.79 Å². The normalized spacial score (nSPS) is 25.2. The Morgan fingerprint density at radius 1 is 1.27 bits per heavy atom. The minimum atomic E-state index is -0.323. The summed E-state index contributed by atoms with van der Waals surface area (Å²) < 4.78 is 4.71. The fourth-order valence-corrected chi connectivity index (χ4v) is 3.65. The first-order valence-corrected chi connectivity index (χ1v) is 7.86. The summed E-state index contributed by atoms with van der Waals surface area (Å²) in [6.45, 7) is 2.49. The van der Waals surface area contributed by atoms with Crippen LogP contribution in [0, 0.1) is 0 Å². The largest absolute Gasteiger partial charge is 0.465 e. The SMILES string of the molecule is COC(=O)c1ccc(CN2CCCC23CCCNC3=O)cc1. The molecule has 1 aromatic rings. The molecule has 1 N–H and O–H groups in total. The second kappa shape index (κ2) is 6.08. The summed E-state index contributed by atoms with van der Waals surface area (Å²) in [4.78, 5) is 26.2. The van der Waals surface area contributed by atoms with E-state index in [2.05, 4.69) is 10.2 Å². The van der Waals surface area contributed by atoms with Crippen molar-refractivity contribution in [1.29, 1.82) is 0 Å². The molecular weight excluding hydrogens is 280 g/mol. The summed E-state index contributed by atoms with van der Waals surface area (Å²) in [7, 11) is 1.38. The summed E-state index contributed by atoms with van der Waals surface area (Å²) >= 11 is 0. The molecule has 2 saturated heterocycles. The first-order valence-electron chi connectivity index (χ1n) is 7.86. The summed E-state index contributed by atoms with van der Waals surface area (Å²) in [6.07, 6.45) is 4.00. The predicted octanol–water partition coefficient (Wildman–Crippen LogP) is 1.72. The number of carbonyl (C=O) groups is 2. The van der Waals surface area contributed by atoms with Gasteiger partial charge >= 0.3 is 5.97 Å². The Kier molecular flexibility index (Phi) is 4.16. The molecule has 2 fully saturated rings. The molecule has 0 bridgehead atoms. The molecule has 0 aromatic heterocycles. The Balaban J connectivity index is 1.74. The fourth-order valence-electron chi connectivity index (χ4n) is 3.65. The number of nitrogens with zero attached hydrogens (tertiary/aromatic N) is 1. The number of hydrogen-bond acceptors (Lipinski definition) is 4. The van der Waals surface area contributed by atoms with E-state index in [0.717, 1.165) is 50.9 Å². The van der Waals surface area contributed by atoms with E-state index in [4.69, 9.17) is 4.74 Å². The molecule has 1 atom stereocenters. The number of benzene rings is 1. The van der Waals surface area contributed by atoms with Gasteiger partial charge in [-0.3, -0.25) is 9.69 Å². The summed E-state index contributed by atoms with van der Waals surface area (Å²) in [5.74, 6) is -0.140. The van der Waals surface area contributed by atoms with Crippen LogP contribution in [0.4, 0.5) is 0 Å². The second-order valence-corrected chi connectivity index (χ2v) is 6.10. The highest BCUT2D eigenvalue weighted by molar-refractivity contribution is 5.89. The zero-order valence-corrected chi connectivity index (χ0v) is 12.9. The van der Waals surface area contributed by atoms with Gasteiger partial charge in [0.1, 0.15) is 5.54 Å². The van der Waals surface area contributed by atoms with E-state index < -0.39 is 0 Å². The van der Waals surface area contributed by atoms with E-state index in [9.17, 15) is 9.59 Å². The lowest BCUT2D eigenvalue weighted by Crippen LogP contribution is -2.58. The smallest absolute Gasteiger partial charge is 0.337 e. The van der Waals surface area contributed by atoms with Crippen molar-refractivity contribution in [2.75, 3.05) is 20.2 Å². The van der Waals surface area contributed by atoms with Crippen LogP contribution in [-0.4, -0.2) is 42.5 Å². The minimum absolute atomic E-state index is 0.183. The molecule has 0 saturated carbocycles. The van der Waals surface area contributed by atoms with Crippen LogP contribution in [0.2, 0.25) is 0 Å². The number of ether oxygens (including phenoxy) is 1. The van der Waals surface area contributed by atoms with Gasteiger partial charge in [0.15, 0.2) is 0 Å². The highest BCUT2D eigenvalue weighted by atomic mass is 16.5. The number of likely N-dealkylation sites (tertiary alicyclic amines) is 1. The number of rotatable bonds is 3. The molecule has 0 radical (unpaired) electrons. The van der Waals surface area contributed by atoms with Crippen LogP contribution < -0.4 is 5.32 Å². The highest BCUT2D eigenvalue weighted by Gasteiger charge is 2.47. The van der Waals surface area contributed by atoms with Gasteiger partial charge in [0.05, 0.1) is 12.7 Å². The first kappa shape index (κ1) is 15.0. The van der Waals surface area contributed by atoms with E-state index in [-0.39, 0.29) is 17.4 Å². The number of nitrogens with one attached hydrogen (secondary N) is 1. The average Bonchev–Trinajstić information content (AvgIpc) is 2.94. The molecule has 5 heteroatoms. The molecule has 1 unspecified atom stereocenters. The predicted molar refractivity (Wildman–Crippen MR) is 82.4 cm³/mol. The van der Waals surface area contributed by atoms with Gasteiger partial charge in [-0.15, -0.1) is 0 Å². The van der Waals surface area contributed by atoms with Crippen LogP contribution in [0.15, 0.2) is 24.3 Å². The third kappa shape index (κ3) is 2.61. The average molecular weight is 302 g/mol. The number of esters is 1. The van der Waals surface area contributed by atoms with Gasteiger partial charge in [-0.2, -0.15) is 0 Å². The molecule has 2 aliphatic rings. The minimum Gasteiger partial charge on any atom is -0.465 e. The zero-order valence-electron chi connectivity index (χ0n) is 12.9. The van der Waals surface area contributed by atoms with E-state index in [1.165, 1.54) is 7.11 Å². The number of carbonyl (C=O) groups excluding carboxylic acids is 2. The van der Waals surface area contributed by atoms with E-state index in [0.29, 0.717) is 5.56 Å². The van der Waals surface area contributed by atoms with Crippen molar-refractivity contribution in [3.8, 4) is 0 Å². The van der Waals surface area contributed by atoms with Crippen LogP contribution >= 0.6 is 0 Å². The second-order valence-electron chi connectivity index (χ2n) is 6.10. The van der Waals surface area contributed by atoms with Crippen molar-refractivity contribution in [1.82, 2.24) is 10.2 Å². The Bertz CT molecular complexity index is 570. The quantitative estimate of drug-likeness (QED) is 0.864. The lowest BCUT2D eigenvalue weighted by Gasteiger charge is -2.40. The number of methoxy groups -OCH3 is 1. The topological polar surface area (TPSA) is 58.6 Å². The molecule has 118 valence electrons. The molecule has 1 spiro atoms. The van der Waals surface area contributed by atoms with Crippen molar-refractivity contribution < 1.29 is 14.3 Å². The summed E-state index contributed by atoms with van der Waals surface area (Å²) in [6, 6.07) is 7.45. The Labute approximate surface area is 130 Å². The Morgan fingerprint density at radius 2 is 2.00 bits per heavy atom. The maximum atomic E-state index is 12.4. The van der Waals surface area contributed by atoms with Crippen molar-refractivity contribution in [3.05, 3.63) is 35.4 Å².